The third-order valence-electron chi connectivity index (χ3n) is 4.48. The van der Waals surface area contributed by atoms with Crippen molar-refractivity contribution in [2.75, 3.05) is 47.9 Å². The number of unbranched alkanes of at least 4 members (excludes halogenated alkanes) is 4. The number of benzene rings is 1. The lowest BCUT2D eigenvalue weighted by atomic mass is 10.1. The molecule has 0 spiro atoms. The number of methoxy groups -OCH3 is 1. The minimum absolute atomic E-state index is 0. The smallest absolute Gasteiger partial charge is 0.190 e. The van der Waals surface area contributed by atoms with Crippen molar-refractivity contribution in [1.29, 1.82) is 0 Å². The lowest BCUT2D eigenvalue weighted by Gasteiger charge is -2.13. The van der Waals surface area contributed by atoms with Crippen molar-refractivity contribution >= 4 is 29.9 Å². The predicted octanol–water partition coefficient (Wildman–Crippen LogP) is 3.84. The fraction of sp³-hybridized carbons (Fsp3) is 0.667. The van der Waals surface area contributed by atoms with E-state index < -0.39 is 0 Å². The van der Waals surface area contributed by atoms with Gasteiger partial charge < -0.3 is 20.3 Å². The molecule has 0 aromatic heterocycles. The summed E-state index contributed by atoms with van der Waals surface area (Å²) >= 11 is 0. The molecule has 0 unspecified atom stereocenters. The molecule has 0 saturated heterocycles. The van der Waals surface area contributed by atoms with Crippen LogP contribution in [0.4, 0.5) is 0 Å². The zero-order valence-electron chi connectivity index (χ0n) is 17.8. The van der Waals surface area contributed by atoms with Crippen LogP contribution in [0.3, 0.4) is 0 Å². The van der Waals surface area contributed by atoms with Gasteiger partial charge in [-0.15, -0.1) is 24.0 Å². The molecule has 0 aliphatic heterocycles. The van der Waals surface area contributed by atoms with E-state index in [4.69, 9.17) is 4.74 Å². The summed E-state index contributed by atoms with van der Waals surface area (Å²) in [6.07, 6.45) is 7.36. The summed E-state index contributed by atoms with van der Waals surface area (Å²) in [6, 6.07) is 6.38. The minimum Gasteiger partial charge on any atom is -0.496 e. The molecule has 0 bridgehead atoms. The Kier molecular flexibility index (Phi) is 15.4. The third-order valence-corrected chi connectivity index (χ3v) is 4.48. The molecular formula is C21H39IN4O. The molecule has 1 rings (SSSR count). The van der Waals surface area contributed by atoms with E-state index in [-0.39, 0.29) is 24.0 Å². The second-order valence-corrected chi connectivity index (χ2v) is 7.05. The summed E-state index contributed by atoms with van der Waals surface area (Å²) < 4.78 is 5.39. The molecule has 6 heteroatoms. The summed E-state index contributed by atoms with van der Waals surface area (Å²) in [5, 5.41) is 6.79. The van der Waals surface area contributed by atoms with Crippen molar-refractivity contribution in [2.24, 2.45) is 4.99 Å². The van der Waals surface area contributed by atoms with Crippen molar-refractivity contribution < 1.29 is 4.74 Å². The first-order chi connectivity index (χ1) is 12.6. The summed E-state index contributed by atoms with van der Waals surface area (Å²) in [4.78, 5) is 6.55. The second-order valence-electron chi connectivity index (χ2n) is 7.05. The van der Waals surface area contributed by atoms with E-state index in [9.17, 15) is 0 Å². The van der Waals surface area contributed by atoms with E-state index >= 15 is 0 Å². The van der Waals surface area contributed by atoms with Gasteiger partial charge in [-0.25, -0.2) is 0 Å². The molecule has 0 aliphatic rings. The second kappa shape index (κ2) is 16.0. The van der Waals surface area contributed by atoms with Gasteiger partial charge in [0.05, 0.1) is 7.11 Å². The number of rotatable bonds is 12. The highest BCUT2D eigenvalue weighted by Crippen LogP contribution is 2.18. The van der Waals surface area contributed by atoms with Gasteiger partial charge in [0.1, 0.15) is 5.75 Å². The molecule has 2 N–H and O–H groups in total. The molecule has 0 fully saturated rings. The van der Waals surface area contributed by atoms with Gasteiger partial charge in [0, 0.05) is 20.1 Å². The fourth-order valence-corrected chi connectivity index (χ4v) is 2.86. The van der Waals surface area contributed by atoms with E-state index in [1.807, 2.05) is 7.05 Å². The van der Waals surface area contributed by atoms with Crippen molar-refractivity contribution in [3.63, 3.8) is 0 Å². The topological polar surface area (TPSA) is 48.9 Å². The number of ether oxygens (including phenoxy) is 1. The van der Waals surface area contributed by atoms with Gasteiger partial charge in [0.2, 0.25) is 0 Å². The number of nitrogens with one attached hydrogen (secondary N) is 2. The lowest BCUT2D eigenvalue weighted by molar-refractivity contribution is 0.389. The quantitative estimate of drug-likeness (QED) is 0.202. The fourth-order valence-electron chi connectivity index (χ4n) is 2.86. The van der Waals surface area contributed by atoms with Gasteiger partial charge in [-0.3, -0.25) is 4.99 Å². The Morgan fingerprint density at radius 1 is 1.04 bits per heavy atom. The lowest BCUT2D eigenvalue weighted by Crippen LogP contribution is -2.38. The van der Waals surface area contributed by atoms with Crippen LogP contribution in [0.5, 0.6) is 5.75 Å². The number of halogens is 1. The zero-order valence-corrected chi connectivity index (χ0v) is 20.1. The van der Waals surface area contributed by atoms with Gasteiger partial charge in [0.15, 0.2) is 5.96 Å². The van der Waals surface area contributed by atoms with Gasteiger partial charge in [-0.05, 0) is 64.0 Å². The monoisotopic (exact) mass is 490 g/mol. The van der Waals surface area contributed by atoms with E-state index in [2.05, 4.69) is 59.7 Å². The number of aryl methyl sites for hydroxylation is 1. The van der Waals surface area contributed by atoms with Crippen LogP contribution in [0.1, 0.15) is 43.2 Å². The van der Waals surface area contributed by atoms with Crippen LogP contribution in [-0.4, -0.2) is 58.7 Å². The van der Waals surface area contributed by atoms with Crippen LogP contribution >= 0.6 is 24.0 Å². The number of nitrogens with zero attached hydrogens (tertiary/aromatic N) is 2. The molecule has 0 radical (unpaired) electrons. The van der Waals surface area contributed by atoms with E-state index in [0.717, 1.165) is 31.2 Å². The average molecular weight is 490 g/mol. The first-order valence-corrected chi connectivity index (χ1v) is 9.79. The van der Waals surface area contributed by atoms with Crippen LogP contribution in [-0.2, 0) is 6.42 Å². The summed E-state index contributed by atoms with van der Waals surface area (Å²) in [5.41, 5.74) is 2.44. The highest BCUT2D eigenvalue weighted by atomic mass is 127. The van der Waals surface area contributed by atoms with Crippen LogP contribution < -0.4 is 15.4 Å². The van der Waals surface area contributed by atoms with Crippen LogP contribution in [0, 0.1) is 6.92 Å². The Labute approximate surface area is 183 Å². The average Bonchev–Trinajstić information content (AvgIpc) is 2.63. The predicted molar refractivity (Wildman–Crippen MR) is 128 cm³/mol. The molecule has 0 heterocycles. The molecule has 0 aliphatic carbocycles. The molecular weight excluding hydrogens is 451 g/mol. The molecule has 0 saturated carbocycles. The van der Waals surface area contributed by atoms with E-state index in [1.165, 1.54) is 49.8 Å². The first-order valence-electron chi connectivity index (χ1n) is 9.79. The molecule has 1 aromatic rings. The molecule has 0 amide bonds. The maximum atomic E-state index is 5.39. The molecule has 0 atom stereocenters. The Morgan fingerprint density at radius 3 is 2.37 bits per heavy atom. The highest BCUT2D eigenvalue weighted by Gasteiger charge is 2.02. The van der Waals surface area contributed by atoms with Gasteiger partial charge in [0.25, 0.3) is 0 Å². The molecule has 1 aromatic carbocycles. The zero-order chi connectivity index (χ0) is 19.2. The Balaban J connectivity index is 0.00000676. The number of guanidine groups is 1. The minimum atomic E-state index is 0. The van der Waals surface area contributed by atoms with Gasteiger partial charge in [-0.1, -0.05) is 31.4 Å². The Bertz CT molecular complexity index is 535. The van der Waals surface area contributed by atoms with E-state index in [0.29, 0.717) is 0 Å². The molecule has 27 heavy (non-hydrogen) atoms. The normalized spacial score (nSPS) is 11.3. The Hall–Kier alpha value is -1.02. The van der Waals surface area contributed by atoms with Gasteiger partial charge in [-0.2, -0.15) is 0 Å². The van der Waals surface area contributed by atoms with Crippen molar-refractivity contribution in [1.82, 2.24) is 15.5 Å². The first kappa shape index (κ1) is 26.0. The van der Waals surface area contributed by atoms with E-state index in [1.54, 1.807) is 7.11 Å². The highest BCUT2D eigenvalue weighted by molar-refractivity contribution is 14.0. The third kappa shape index (κ3) is 12.1. The largest absolute Gasteiger partial charge is 0.496 e. The van der Waals surface area contributed by atoms with Crippen LogP contribution in [0.25, 0.3) is 0 Å². The summed E-state index contributed by atoms with van der Waals surface area (Å²) in [5.74, 6) is 1.84. The number of hydrogen-bond acceptors (Lipinski definition) is 3. The SMILES string of the molecule is CN=C(NCCCCCCCN(C)C)NCCc1ccc(C)c(OC)c1.I. The maximum Gasteiger partial charge on any atom is 0.190 e. The summed E-state index contributed by atoms with van der Waals surface area (Å²) in [6.45, 7) is 5.10. The Morgan fingerprint density at radius 2 is 1.70 bits per heavy atom. The maximum absolute atomic E-state index is 5.39. The standard InChI is InChI=1S/C21H38N4O.HI/c1-18-11-12-19(17-20(18)26-5)13-15-24-21(22-2)23-14-9-7-6-8-10-16-25(3)4;/h11-12,17H,6-10,13-16H2,1-5H3,(H2,22,23,24);1H. The number of aliphatic imine (C=N–C) groups is 1. The number of hydrogen-bond donors (Lipinski definition) is 2. The summed E-state index contributed by atoms with van der Waals surface area (Å²) in [7, 11) is 7.82. The van der Waals surface area contributed by atoms with Crippen molar-refractivity contribution in [2.45, 2.75) is 45.4 Å². The molecule has 156 valence electrons. The van der Waals surface area contributed by atoms with Crippen molar-refractivity contribution in [3.05, 3.63) is 29.3 Å². The van der Waals surface area contributed by atoms with Crippen molar-refractivity contribution in [3.8, 4) is 5.75 Å². The van der Waals surface area contributed by atoms with Gasteiger partial charge >= 0.3 is 0 Å². The van der Waals surface area contributed by atoms with Crippen LogP contribution in [0.15, 0.2) is 23.2 Å². The molecule has 5 nitrogen and oxygen atoms in total. The van der Waals surface area contributed by atoms with Crippen LogP contribution in [0.2, 0.25) is 0 Å².